The molecule has 92 valence electrons. The highest BCUT2D eigenvalue weighted by molar-refractivity contribution is 5.25. The first-order valence-corrected chi connectivity index (χ1v) is 6.47. The molecule has 2 fully saturated rings. The van der Waals surface area contributed by atoms with E-state index in [0.717, 1.165) is 25.8 Å². The molecule has 1 nitrogen and oxygen atoms in total. The highest BCUT2D eigenvalue weighted by Gasteiger charge is 2.37. The second-order valence-corrected chi connectivity index (χ2v) is 5.12. The third-order valence-electron chi connectivity index (χ3n) is 4.18. The van der Waals surface area contributed by atoms with E-state index >= 15 is 0 Å². The van der Waals surface area contributed by atoms with E-state index in [2.05, 4.69) is 4.90 Å². The van der Waals surface area contributed by atoms with Crippen LogP contribution in [-0.2, 0) is 0 Å². The molecule has 0 N–H and O–H groups in total. The number of nitrogens with zero attached hydrogens (tertiary/aromatic N) is 1. The van der Waals surface area contributed by atoms with Crippen LogP contribution in [0.25, 0.3) is 0 Å². The van der Waals surface area contributed by atoms with Crippen molar-refractivity contribution in [1.29, 1.82) is 0 Å². The zero-order valence-electron chi connectivity index (χ0n) is 9.83. The fraction of sp³-hybridized carbons (Fsp3) is 0.571. The first-order chi connectivity index (χ1) is 8.27. The highest BCUT2D eigenvalue weighted by Crippen LogP contribution is 2.41. The minimum Gasteiger partial charge on any atom is -0.293 e. The predicted molar refractivity (Wildman–Crippen MR) is 62.7 cm³/mol. The summed E-state index contributed by atoms with van der Waals surface area (Å²) in [5.41, 5.74) is 0.289. The lowest BCUT2D eigenvalue weighted by atomic mass is 10.0. The lowest BCUT2D eigenvalue weighted by Crippen LogP contribution is -2.36. The van der Waals surface area contributed by atoms with Crippen LogP contribution in [0, 0.1) is 11.6 Å². The van der Waals surface area contributed by atoms with Crippen molar-refractivity contribution in [2.75, 3.05) is 6.54 Å². The van der Waals surface area contributed by atoms with Gasteiger partial charge in [-0.25, -0.2) is 8.78 Å². The number of hydrogen-bond acceptors (Lipinski definition) is 1. The van der Waals surface area contributed by atoms with E-state index in [1.807, 2.05) is 0 Å². The van der Waals surface area contributed by atoms with Gasteiger partial charge in [-0.1, -0.05) is 12.5 Å². The number of fused-ring (bicyclic) bond motifs is 1. The standard InChI is InChI=1S/C14H17F2N/c15-11-5-3-6-12(16)14(11)13-8-7-10-4-1-2-9-17(10)13/h3,5-6,10,13H,1-2,4,7-9H2/t10-,13-/m1/s1. The van der Waals surface area contributed by atoms with Gasteiger partial charge in [0, 0.05) is 17.6 Å². The van der Waals surface area contributed by atoms with E-state index in [-0.39, 0.29) is 23.2 Å². The quantitative estimate of drug-likeness (QED) is 0.720. The zero-order valence-corrected chi connectivity index (χ0v) is 9.83. The van der Waals surface area contributed by atoms with Gasteiger partial charge in [0.15, 0.2) is 0 Å². The van der Waals surface area contributed by atoms with Crippen LogP contribution >= 0.6 is 0 Å². The van der Waals surface area contributed by atoms with Crippen molar-refractivity contribution >= 4 is 0 Å². The van der Waals surface area contributed by atoms with Gasteiger partial charge in [0.2, 0.25) is 0 Å². The zero-order chi connectivity index (χ0) is 11.8. The number of hydrogen-bond donors (Lipinski definition) is 0. The van der Waals surface area contributed by atoms with Crippen molar-refractivity contribution in [2.45, 2.75) is 44.2 Å². The monoisotopic (exact) mass is 237 g/mol. The molecule has 17 heavy (non-hydrogen) atoms. The van der Waals surface area contributed by atoms with Gasteiger partial charge >= 0.3 is 0 Å². The second kappa shape index (κ2) is 4.37. The van der Waals surface area contributed by atoms with Crippen LogP contribution in [0.5, 0.6) is 0 Å². The fourth-order valence-electron chi connectivity index (χ4n) is 3.40. The summed E-state index contributed by atoms with van der Waals surface area (Å²) in [4.78, 5) is 2.31. The molecule has 2 atom stereocenters. The van der Waals surface area contributed by atoms with Gasteiger partial charge < -0.3 is 0 Å². The molecular weight excluding hydrogens is 220 g/mol. The Morgan fingerprint density at radius 1 is 1.00 bits per heavy atom. The maximum atomic E-state index is 13.8. The second-order valence-electron chi connectivity index (χ2n) is 5.12. The molecule has 0 saturated carbocycles. The molecule has 2 saturated heterocycles. The Morgan fingerprint density at radius 2 is 1.76 bits per heavy atom. The lowest BCUT2D eigenvalue weighted by Gasteiger charge is -2.34. The number of benzene rings is 1. The molecule has 0 aliphatic carbocycles. The first kappa shape index (κ1) is 11.1. The molecule has 2 aliphatic rings. The minimum absolute atomic E-state index is 0.0403. The predicted octanol–water partition coefficient (Wildman–Crippen LogP) is 3.65. The van der Waals surface area contributed by atoms with Crippen LogP contribution in [0.4, 0.5) is 8.78 Å². The molecule has 3 rings (SSSR count). The maximum absolute atomic E-state index is 13.8. The van der Waals surface area contributed by atoms with E-state index in [1.54, 1.807) is 0 Å². The summed E-state index contributed by atoms with van der Waals surface area (Å²) in [5.74, 6) is -0.776. The van der Waals surface area contributed by atoms with Crippen LogP contribution in [0.1, 0.15) is 43.7 Å². The van der Waals surface area contributed by atoms with E-state index in [9.17, 15) is 8.78 Å². The van der Waals surface area contributed by atoms with Crippen LogP contribution < -0.4 is 0 Å². The number of piperidine rings is 1. The molecule has 0 radical (unpaired) electrons. The van der Waals surface area contributed by atoms with Gasteiger partial charge in [0.1, 0.15) is 11.6 Å². The van der Waals surface area contributed by atoms with E-state index < -0.39 is 0 Å². The minimum atomic E-state index is -0.388. The van der Waals surface area contributed by atoms with Gasteiger partial charge in [-0.3, -0.25) is 4.90 Å². The number of rotatable bonds is 1. The van der Waals surface area contributed by atoms with Crippen molar-refractivity contribution in [2.24, 2.45) is 0 Å². The topological polar surface area (TPSA) is 3.24 Å². The SMILES string of the molecule is Fc1cccc(F)c1[C@H]1CC[C@H]2CCCCN21. The van der Waals surface area contributed by atoms with Gasteiger partial charge in [-0.05, 0) is 44.4 Å². The Labute approximate surface area is 100 Å². The van der Waals surface area contributed by atoms with Crippen molar-refractivity contribution in [3.8, 4) is 0 Å². The van der Waals surface area contributed by atoms with E-state index in [4.69, 9.17) is 0 Å². The van der Waals surface area contributed by atoms with Crippen LogP contribution in [0.15, 0.2) is 18.2 Å². The maximum Gasteiger partial charge on any atom is 0.130 e. The first-order valence-electron chi connectivity index (χ1n) is 6.47. The summed E-state index contributed by atoms with van der Waals surface area (Å²) < 4.78 is 27.6. The molecule has 2 aliphatic heterocycles. The third kappa shape index (κ3) is 1.86. The van der Waals surface area contributed by atoms with Crippen LogP contribution in [0.3, 0.4) is 0 Å². The normalized spacial score (nSPS) is 29.3. The average Bonchev–Trinajstić information content (AvgIpc) is 2.73. The van der Waals surface area contributed by atoms with Gasteiger partial charge in [0.05, 0.1) is 0 Å². The third-order valence-corrected chi connectivity index (χ3v) is 4.18. The Kier molecular flexibility index (Phi) is 2.87. The summed E-state index contributed by atoms with van der Waals surface area (Å²) in [6.45, 7) is 0.989. The smallest absolute Gasteiger partial charge is 0.130 e. The fourth-order valence-corrected chi connectivity index (χ4v) is 3.40. The summed E-state index contributed by atoms with van der Waals surface area (Å²) >= 11 is 0. The molecule has 1 aromatic rings. The summed E-state index contributed by atoms with van der Waals surface area (Å²) in [6.07, 6.45) is 5.57. The van der Waals surface area contributed by atoms with Gasteiger partial charge in [-0.2, -0.15) is 0 Å². The van der Waals surface area contributed by atoms with Crippen molar-refractivity contribution in [3.63, 3.8) is 0 Å². The Morgan fingerprint density at radius 3 is 2.53 bits per heavy atom. The lowest BCUT2D eigenvalue weighted by molar-refractivity contribution is 0.145. The average molecular weight is 237 g/mol. The van der Waals surface area contributed by atoms with Crippen molar-refractivity contribution in [1.82, 2.24) is 4.90 Å². The van der Waals surface area contributed by atoms with Crippen LogP contribution in [0.2, 0.25) is 0 Å². The van der Waals surface area contributed by atoms with Crippen molar-refractivity contribution < 1.29 is 8.78 Å². The summed E-state index contributed by atoms with van der Waals surface area (Å²) in [5, 5.41) is 0. The largest absolute Gasteiger partial charge is 0.293 e. The molecule has 1 aromatic carbocycles. The summed E-state index contributed by atoms with van der Waals surface area (Å²) in [6, 6.07) is 4.69. The van der Waals surface area contributed by atoms with E-state index in [0.29, 0.717) is 6.04 Å². The molecule has 0 amide bonds. The molecule has 0 aromatic heterocycles. The highest BCUT2D eigenvalue weighted by atomic mass is 19.1. The number of halogens is 2. The molecule has 3 heteroatoms. The molecule has 0 unspecified atom stereocenters. The van der Waals surface area contributed by atoms with Crippen LogP contribution in [-0.4, -0.2) is 17.5 Å². The Bertz CT molecular complexity index is 398. The van der Waals surface area contributed by atoms with E-state index in [1.165, 1.54) is 31.0 Å². The van der Waals surface area contributed by atoms with Crippen molar-refractivity contribution in [3.05, 3.63) is 35.4 Å². The molecular formula is C14H17F2N. The molecule has 2 heterocycles. The van der Waals surface area contributed by atoms with Gasteiger partial charge in [-0.15, -0.1) is 0 Å². The Hall–Kier alpha value is -0.960. The van der Waals surface area contributed by atoms with Gasteiger partial charge in [0.25, 0.3) is 0 Å². The Balaban J connectivity index is 1.94. The molecule has 0 spiro atoms. The molecule has 0 bridgehead atoms. The summed E-state index contributed by atoms with van der Waals surface area (Å²) in [7, 11) is 0.